The number of piperazine rings is 1. The number of benzene rings is 3. The summed E-state index contributed by atoms with van der Waals surface area (Å²) in [4.78, 5) is 17.5. The Morgan fingerprint density at radius 1 is 0.971 bits per heavy atom. The Morgan fingerprint density at radius 2 is 1.66 bits per heavy atom. The lowest BCUT2D eigenvalue weighted by atomic mass is 9.97. The van der Waals surface area contributed by atoms with Crippen molar-refractivity contribution in [1.29, 1.82) is 0 Å². The van der Waals surface area contributed by atoms with E-state index in [1.807, 2.05) is 31.2 Å². The minimum atomic E-state index is -0.437. The average molecular weight is 475 g/mol. The topological polar surface area (TPSA) is 66.2 Å². The number of hydrogen-bond acceptors (Lipinski definition) is 6. The third-order valence-electron chi connectivity index (χ3n) is 6.74. The molecular weight excluding hydrogens is 447 g/mol. The van der Waals surface area contributed by atoms with Gasteiger partial charge in [-0.25, -0.2) is 9.18 Å². The van der Waals surface area contributed by atoms with Crippen molar-refractivity contribution in [3.05, 3.63) is 88.0 Å². The zero-order chi connectivity index (χ0) is 24.5. The maximum absolute atomic E-state index is 13.2. The first-order chi connectivity index (χ1) is 16.9. The molecule has 180 valence electrons. The largest absolute Gasteiger partial charge is 0.507 e. The van der Waals surface area contributed by atoms with E-state index in [4.69, 9.17) is 9.15 Å². The summed E-state index contributed by atoms with van der Waals surface area (Å²) in [5, 5.41) is 11.5. The van der Waals surface area contributed by atoms with Crippen molar-refractivity contribution in [3.63, 3.8) is 0 Å². The van der Waals surface area contributed by atoms with Gasteiger partial charge in [-0.1, -0.05) is 12.1 Å². The van der Waals surface area contributed by atoms with Gasteiger partial charge in [-0.05, 0) is 66.6 Å². The van der Waals surface area contributed by atoms with Gasteiger partial charge >= 0.3 is 5.63 Å². The van der Waals surface area contributed by atoms with E-state index in [1.165, 1.54) is 12.1 Å². The summed E-state index contributed by atoms with van der Waals surface area (Å²) in [5.74, 6) is 0.576. The Hall–Kier alpha value is -3.84. The molecule has 1 fully saturated rings. The van der Waals surface area contributed by atoms with E-state index in [2.05, 4.69) is 9.80 Å². The smallest absolute Gasteiger partial charge is 0.344 e. The lowest BCUT2D eigenvalue weighted by Gasteiger charge is -2.36. The van der Waals surface area contributed by atoms with Gasteiger partial charge in [0.05, 0.1) is 18.2 Å². The molecular formula is C28H27FN2O4. The molecule has 6 nitrogen and oxygen atoms in total. The van der Waals surface area contributed by atoms with Gasteiger partial charge in [0.15, 0.2) is 0 Å². The van der Waals surface area contributed by atoms with E-state index in [-0.39, 0.29) is 11.6 Å². The maximum Gasteiger partial charge on any atom is 0.344 e. The fourth-order valence-corrected chi connectivity index (χ4v) is 4.75. The quantitative estimate of drug-likeness (QED) is 0.413. The molecule has 0 aliphatic carbocycles. The van der Waals surface area contributed by atoms with E-state index < -0.39 is 5.63 Å². The number of phenols is 1. The number of anilines is 1. The van der Waals surface area contributed by atoms with Gasteiger partial charge in [0.25, 0.3) is 0 Å². The molecule has 1 saturated heterocycles. The van der Waals surface area contributed by atoms with Crippen molar-refractivity contribution >= 4 is 16.7 Å². The normalized spacial score (nSPS) is 14.4. The number of ether oxygens (including phenoxy) is 1. The van der Waals surface area contributed by atoms with Gasteiger partial charge in [0.2, 0.25) is 0 Å². The first kappa shape index (κ1) is 22.9. The molecule has 0 atom stereocenters. The summed E-state index contributed by atoms with van der Waals surface area (Å²) in [5.41, 5.74) is 3.66. The molecule has 0 spiro atoms. The molecule has 0 amide bonds. The number of rotatable bonds is 5. The monoisotopic (exact) mass is 474 g/mol. The molecule has 1 aliphatic rings. The van der Waals surface area contributed by atoms with Crippen LogP contribution in [-0.4, -0.2) is 43.3 Å². The average Bonchev–Trinajstić information content (AvgIpc) is 2.87. The van der Waals surface area contributed by atoms with E-state index in [9.17, 15) is 14.3 Å². The van der Waals surface area contributed by atoms with Crippen molar-refractivity contribution in [1.82, 2.24) is 4.90 Å². The van der Waals surface area contributed by atoms with Crippen LogP contribution in [0.2, 0.25) is 0 Å². The van der Waals surface area contributed by atoms with E-state index in [1.54, 1.807) is 31.4 Å². The van der Waals surface area contributed by atoms with Crippen LogP contribution in [0.5, 0.6) is 11.5 Å². The number of nitrogens with zero attached hydrogens (tertiary/aromatic N) is 2. The van der Waals surface area contributed by atoms with Crippen molar-refractivity contribution < 1.29 is 18.7 Å². The van der Waals surface area contributed by atoms with E-state index in [0.29, 0.717) is 29.0 Å². The first-order valence-electron chi connectivity index (χ1n) is 11.6. The van der Waals surface area contributed by atoms with Crippen molar-refractivity contribution in [2.75, 3.05) is 38.2 Å². The van der Waals surface area contributed by atoms with Crippen molar-refractivity contribution in [2.24, 2.45) is 0 Å². The van der Waals surface area contributed by atoms with Gasteiger partial charge in [-0.3, -0.25) is 4.90 Å². The Morgan fingerprint density at radius 3 is 2.31 bits per heavy atom. The number of aromatic hydroxyl groups is 1. The van der Waals surface area contributed by atoms with Gasteiger partial charge < -0.3 is 19.2 Å². The zero-order valence-corrected chi connectivity index (χ0v) is 19.8. The second-order valence-electron chi connectivity index (χ2n) is 8.80. The number of fused-ring (bicyclic) bond motifs is 1. The molecule has 5 rings (SSSR count). The lowest BCUT2D eigenvalue weighted by Crippen LogP contribution is -2.46. The second-order valence-corrected chi connectivity index (χ2v) is 8.80. The number of aryl methyl sites for hydroxylation is 1. The summed E-state index contributed by atoms with van der Waals surface area (Å²) in [6.45, 7) is 5.45. The van der Waals surface area contributed by atoms with Crippen LogP contribution < -0.4 is 15.3 Å². The molecule has 2 heterocycles. The standard InChI is InChI=1S/C28H27FN2O4/c1-18-23-11-12-25(32)24(17-30-13-15-31(16-14-30)21-7-5-20(29)6-8-21)27(23)35-28(33)26(18)19-3-9-22(34-2)10-4-19/h3-12,32H,13-17H2,1-2H3. The van der Waals surface area contributed by atoms with Crippen LogP contribution >= 0.6 is 0 Å². The first-order valence-corrected chi connectivity index (χ1v) is 11.6. The Bertz CT molecular complexity index is 1410. The number of methoxy groups -OCH3 is 1. The van der Waals surface area contributed by atoms with Gasteiger partial charge in [0.1, 0.15) is 22.9 Å². The lowest BCUT2D eigenvalue weighted by molar-refractivity contribution is 0.246. The maximum atomic E-state index is 13.2. The number of hydrogen-bond donors (Lipinski definition) is 1. The van der Waals surface area contributed by atoms with E-state index >= 15 is 0 Å². The number of phenolic OH excluding ortho intramolecular Hbond substituents is 1. The summed E-state index contributed by atoms with van der Waals surface area (Å²) >= 11 is 0. The molecule has 3 aromatic carbocycles. The summed E-state index contributed by atoms with van der Waals surface area (Å²) < 4.78 is 24.3. The second kappa shape index (κ2) is 9.43. The summed E-state index contributed by atoms with van der Waals surface area (Å²) in [7, 11) is 1.60. The van der Waals surface area contributed by atoms with Crippen LogP contribution in [0.4, 0.5) is 10.1 Å². The van der Waals surface area contributed by atoms with Crippen LogP contribution in [0, 0.1) is 12.7 Å². The van der Waals surface area contributed by atoms with Gasteiger partial charge in [0, 0.05) is 43.8 Å². The molecule has 35 heavy (non-hydrogen) atoms. The molecule has 0 unspecified atom stereocenters. The Kier molecular flexibility index (Phi) is 6.17. The highest BCUT2D eigenvalue weighted by Crippen LogP contribution is 2.34. The van der Waals surface area contributed by atoms with Gasteiger partial charge in [-0.2, -0.15) is 0 Å². The molecule has 0 bridgehead atoms. The summed E-state index contributed by atoms with van der Waals surface area (Å²) in [6, 6.07) is 17.3. The third-order valence-corrected chi connectivity index (χ3v) is 6.74. The van der Waals surface area contributed by atoms with Gasteiger partial charge in [-0.15, -0.1) is 0 Å². The van der Waals surface area contributed by atoms with Crippen molar-refractivity contribution in [2.45, 2.75) is 13.5 Å². The Balaban J connectivity index is 1.42. The van der Waals surface area contributed by atoms with E-state index in [0.717, 1.165) is 48.4 Å². The minimum absolute atomic E-state index is 0.109. The van der Waals surface area contributed by atoms with Crippen LogP contribution in [0.15, 0.2) is 69.9 Å². The fraction of sp³-hybridized carbons (Fsp3) is 0.250. The van der Waals surface area contributed by atoms with Crippen molar-refractivity contribution in [3.8, 4) is 22.6 Å². The predicted molar refractivity (Wildman–Crippen MR) is 135 cm³/mol. The molecule has 1 aromatic heterocycles. The molecule has 0 saturated carbocycles. The molecule has 4 aromatic rings. The van der Waals surface area contributed by atoms with Crippen LogP contribution in [0.25, 0.3) is 22.1 Å². The molecule has 7 heteroatoms. The number of halogens is 1. The molecule has 1 aliphatic heterocycles. The van der Waals surface area contributed by atoms with Crippen LogP contribution in [-0.2, 0) is 6.54 Å². The van der Waals surface area contributed by atoms with Crippen LogP contribution in [0.1, 0.15) is 11.1 Å². The minimum Gasteiger partial charge on any atom is -0.507 e. The highest BCUT2D eigenvalue weighted by molar-refractivity contribution is 5.90. The SMILES string of the molecule is COc1ccc(-c2c(C)c3ccc(O)c(CN4CCN(c5ccc(F)cc5)CC4)c3oc2=O)cc1. The van der Waals surface area contributed by atoms with Crippen LogP contribution in [0.3, 0.4) is 0 Å². The predicted octanol–water partition coefficient (Wildman–Crippen LogP) is 4.94. The molecule has 0 radical (unpaired) electrons. The third kappa shape index (κ3) is 4.47. The summed E-state index contributed by atoms with van der Waals surface area (Å²) in [6.07, 6.45) is 0. The highest BCUT2D eigenvalue weighted by atomic mass is 19.1. The zero-order valence-electron chi connectivity index (χ0n) is 19.8. The molecule has 1 N–H and O–H groups in total. The highest BCUT2D eigenvalue weighted by Gasteiger charge is 2.22. The fourth-order valence-electron chi connectivity index (χ4n) is 4.75. The Labute approximate surface area is 202 Å².